The van der Waals surface area contributed by atoms with Crippen molar-refractivity contribution in [1.82, 2.24) is 0 Å². The van der Waals surface area contributed by atoms with Gasteiger partial charge in [-0.25, -0.2) is 0 Å². The monoisotopic (exact) mass is 181 g/mol. The summed E-state index contributed by atoms with van der Waals surface area (Å²) >= 11 is 6.05. The molecule has 0 unspecified atom stereocenters. The first kappa shape index (κ1) is 9.60. The quantitative estimate of drug-likeness (QED) is 0.651. The maximum atomic E-state index is 6.05. The number of hydrogen-bond acceptors (Lipinski definition) is 0. The van der Waals surface area contributed by atoms with Crippen LogP contribution in [0, 0.1) is 6.07 Å². The van der Waals surface area contributed by atoms with E-state index >= 15 is 0 Å². The summed E-state index contributed by atoms with van der Waals surface area (Å²) in [4.78, 5) is 0. The van der Waals surface area contributed by atoms with Crippen molar-refractivity contribution in [1.29, 1.82) is 0 Å². The van der Waals surface area contributed by atoms with Crippen LogP contribution in [0.1, 0.15) is 37.8 Å². The molecule has 1 rings (SSSR count). The second-order valence-corrected chi connectivity index (χ2v) is 3.68. The van der Waals surface area contributed by atoms with E-state index in [1.54, 1.807) is 0 Å². The van der Waals surface area contributed by atoms with Gasteiger partial charge in [0.2, 0.25) is 0 Å². The molecule has 0 fully saturated rings. The van der Waals surface area contributed by atoms with Crippen molar-refractivity contribution in [2.24, 2.45) is 0 Å². The molecule has 0 atom stereocenters. The zero-order valence-corrected chi connectivity index (χ0v) is 8.57. The zero-order valence-electron chi connectivity index (χ0n) is 7.82. The molecule has 0 aliphatic heterocycles. The Balaban J connectivity index is 3.02. The summed E-state index contributed by atoms with van der Waals surface area (Å²) < 4.78 is 0. The molecule has 1 heteroatoms. The minimum atomic E-state index is 0.508. The lowest BCUT2D eigenvalue weighted by atomic mass is 10.0. The Bertz CT molecular complexity index is 264. The normalized spacial score (nSPS) is 10.8. The maximum Gasteiger partial charge on any atom is 0.0441 e. The molecule has 0 saturated carbocycles. The summed E-state index contributed by atoms with van der Waals surface area (Å²) in [5.41, 5.74) is 2.37. The van der Waals surface area contributed by atoms with Crippen LogP contribution in [0.2, 0.25) is 5.02 Å². The highest BCUT2D eigenvalue weighted by molar-refractivity contribution is 6.31. The Kier molecular flexibility index (Phi) is 3.16. The molecule has 1 aromatic carbocycles. The van der Waals surface area contributed by atoms with Crippen LogP contribution in [0.25, 0.3) is 0 Å². The van der Waals surface area contributed by atoms with Gasteiger partial charge in [0, 0.05) is 5.02 Å². The second kappa shape index (κ2) is 3.95. The molecule has 0 aliphatic rings. The molecular weight excluding hydrogens is 168 g/mol. The minimum absolute atomic E-state index is 0.508. The summed E-state index contributed by atoms with van der Waals surface area (Å²) in [6.07, 6.45) is 0.980. The van der Waals surface area contributed by atoms with E-state index in [2.05, 4.69) is 26.8 Å². The molecular formula is C11H14Cl. The Morgan fingerprint density at radius 2 is 2.17 bits per heavy atom. The summed E-state index contributed by atoms with van der Waals surface area (Å²) in [6, 6.07) is 7.26. The van der Waals surface area contributed by atoms with Gasteiger partial charge in [0.25, 0.3) is 0 Å². The molecule has 0 saturated heterocycles. The lowest BCUT2D eigenvalue weighted by Gasteiger charge is -2.07. The topological polar surface area (TPSA) is 0 Å². The summed E-state index contributed by atoms with van der Waals surface area (Å²) in [5.74, 6) is 0.508. The van der Waals surface area contributed by atoms with Gasteiger partial charge in [0.15, 0.2) is 0 Å². The van der Waals surface area contributed by atoms with E-state index in [0.29, 0.717) is 5.92 Å². The number of hydrogen-bond donors (Lipinski definition) is 0. The highest BCUT2D eigenvalue weighted by Gasteiger charge is 2.02. The van der Waals surface area contributed by atoms with Crippen LogP contribution in [0.5, 0.6) is 0 Å². The van der Waals surface area contributed by atoms with E-state index in [1.165, 1.54) is 11.1 Å². The second-order valence-electron chi connectivity index (χ2n) is 3.27. The number of rotatable bonds is 2. The van der Waals surface area contributed by atoms with Crippen molar-refractivity contribution in [3.05, 3.63) is 34.3 Å². The predicted octanol–water partition coefficient (Wildman–Crippen LogP) is 3.83. The largest absolute Gasteiger partial charge is 0.0840 e. The summed E-state index contributed by atoms with van der Waals surface area (Å²) in [6.45, 7) is 6.39. The maximum absolute atomic E-state index is 6.05. The van der Waals surface area contributed by atoms with Gasteiger partial charge in [-0.2, -0.15) is 0 Å². The number of benzene rings is 1. The van der Waals surface area contributed by atoms with E-state index in [-0.39, 0.29) is 0 Å². The van der Waals surface area contributed by atoms with Crippen molar-refractivity contribution < 1.29 is 0 Å². The van der Waals surface area contributed by atoms with E-state index in [0.717, 1.165) is 11.4 Å². The van der Waals surface area contributed by atoms with E-state index < -0.39 is 0 Å². The summed E-state index contributed by atoms with van der Waals surface area (Å²) in [5, 5.41) is 0.875. The van der Waals surface area contributed by atoms with E-state index in [4.69, 9.17) is 11.6 Å². The molecule has 0 N–H and O–H groups in total. The van der Waals surface area contributed by atoms with E-state index in [1.807, 2.05) is 12.1 Å². The van der Waals surface area contributed by atoms with Gasteiger partial charge in [-0.15, -0.1) is 0 Å². The third kappa shape index (κ3) is 2.01. The molecule has 1 radical (unpaired) electrons. The number of aryl methyl sites for hydroxylation is 1. The lowest BCUT2D eigenvalue weighted by molar-refractivity contribution is 0.863. The average molecular weight is 182 g/mol. The van der Waals surface area contributed by atoms with Crippen LogP contribution >= 0.6 is 11.6 Å². The number of halogens is 1. The highest BCUT2D eigenvalue weighted by Crippen LogP contribution is 2.22. The van der Waals surface area contributed by atoms with Crippen LogP contribution in [0.3, 0.4) is 0 Å². The highest BCUT2D eigenvalue weighted by atomic mass is 35.5. The molecule has 0 amide bonds. The zero-order chi connectivity index (χ0) is 9.14. The van der Waals surface area contributed by atoms with Crippen molar-refractivity contribution in [3.8, 4) is 0 Å². The third-order valence-corrected chi connectivity index (χ3v) is 2.36. The van der Waals surface area contributed by atoms with Gasteiger partial charge in [-0.05, 0) is 41.7 Å². The molecule has 0 bridgehead atoms. The molecule has 12 heavy (non-hydrogen) atoms. The molecule has 1 aromatic rings. The molecule has 0 aliphatic carbocycles. The predicted molar refractivity (Wildman–Crippen MR) is 53.8 cm³/mol. The van der Waals surface area contributed by atoms with Gasteiger partial charge < -0.3 is 0 Å². The van der Waals surface area contributed by atoms with Gasteiger partial charge in [-0.1, -0.05) is 32.4 Å². The first-order valence-corrected chi connectivity index (χ1v) is 4.73. The van der Waals surface area contributed by atoms with Crippen LogP contribution in [0.4, 0.5) is 0 Å². The van der Waals surface area contributed by atoms with Gasteiger partial charge in [-0.3, -0.25) is 0 Å². The SMILES string of the molecule is CCc1c[c]c(C(C)C)cc1Cl. The van der Waals surface area contributed by atoms with Gasteiger partial charge in [0.05, 0.1) is 0 Å². The van der Waals surface area contributed by atoms with Gasteiger partial charge >= 0.3 is 0 Å². The fraction of sp³-hybridized carbons (Fsp3) is 0.455. The molecule has 0 heterocycles. The Hall–Kier alpha value is -0.490. The van der Waals surface area contributed by atoms with Crippen LogP contribution in [0.15, 0.2) is 12.1 Å². The van der Waals surface area contributed by atoms with Crippen LogP contribution < -0.4 is 0 Å². The van der Waals surface area contributed by atoms with Crippen LogP contribution in [-0.2, 0) is 6.42 Å². The summed E-state index contributed by atoms with van der Waals surface area (Å²) in [7, 11) is 0. The molecule has 0 spiro atoms. The van der Waals surface area contributed by atoms with Crippen molar-refractivity contribution in [2.45, 2.75) is 33.1 Å². The Morgan fingerprint density at radius 3 is 2.58 bits per heavy atom. The fourth-order valence-corrected chi connectivity index (χ4v) is 1.42. The van der Waals surface area contributed by atoms with Crippen molar-refractivity contribution in [3.63, 3.8) is 0 Å². The van der Waals surface area contributed by atoms with Crippen molar-refractivity contribution in [2.75, 3.05) is 0 Å². The Labute approximate surface area is 79.6 Å². The lowest BCUT2D eigenvalue weighted by Crippen LogP contribution is -1.90. The fourth-order valence-electron chi connectivity index (χ4n) is 1.11. The van der Waals surface area contributed by atoms with Crippen molar-refractivity contribution >= 4 is 11.6 Å². The minimum Gasteiger partial charge on any atom is -0.0840 e. The molecule has 65 valence electrons. The Morgan fingerprint density at radius 1 is 1.50 bits per heavy atom. The third-order valence-electron chi connectivity index (χ3n) is 2.00. The smallest absolute Gasteiger partial charge is 0.0441 e. The molecule has 0 nitrogen and oxygen atoms in total. The average Bonchev–Trinajstić information content (AvgIpc) is 2.04. The van der Waals surface area contributed by atoms with Crippen LogP contribution in [-0.4, -0.2) is 0 Å². The van der Waals surface area contributed by atoms with Gasteiger partial charge in [0.1, 0.15) is 0 Å². The molecule has 0 aromatic heterocycles. The first-order valence-electron chi connectivity index (χ1n) is 4.35. The standard InChI is InChI=1S/C11H14Cl/c1-4-9-5-6-10(8(2)3)7-11(9)12/h5,7-8H,4H2,1-3H3. The first-order chi connectivity index (χ1) is 5.65. The van der Waals surface area contributed by atoms with E-state index in [9.17, 15) is 0 Å².